The first-order chi connectivity index (χ1) is 11.9. The van der Waals surface area contributed by atoms with Crippen LogP contribution in [-0.4, -0.2) is 56.6 Å². The molecule has 0 atom stereocenters. The van der Waals surface area contributed by atoms with Gasteiger partial charge in [0.15, 0.2) is 0 Å². The molecule has 0 saturated carbocycles. The number of piperidine rings is 1. The highest BCUT2D eigenvalue weighted by Gasteiger charge is 2.32. The number of amides is 1. The Balaban J connectivity index is 1.89. The molecule has 1 aromatic carbocycles. The molecule has 2 aliphatic rings. The van der Waals surface area contributed by atoms with Crippen LogP contribution in [-0.2, 0) is 4.74 Å². The third-order valence-corrected chi connectivity index (χ3v) is 4.52. The van der Waals surface area contributed by atoms with Gasteiger partial charge in [0.1, 0.15) is 5.75 Å². The topological polar surface area (TPSA) is 50.8 Å². The van der Waals surface area contributed by atoms with Gasteiger partial charge < -0.3 is 19.7 Å². The van der Waals surface area contributed by atoms with Gasteiger partial charge in [0.05, 0.1) is 13.2 Å². The summed E-state index contributed by atoms with van der Waals surface area (Å²) in [6, 6.07) is 4.28. The molecule has 0 spiro atoms. The molecule has 5 nitrogen and oxygen atoms in total. The average Bonchev–Trinajstić information content (AvgIpc) is 2.61. The summed E-state index contributed by atoms with van der Waals surface area (Å²) >= 11 is 0. The van der Waals surface area contributed by atoms with Crippen molar-refractivity contribution in [2.45, 2.75) is 25.1 Å². The normalized spacial score (nSPS) is 19.7. The smallest absolute Gasteiger partial charge is 0.406 e. The number of benzene rings is 1. The first-order valence-corrected chi connectivity index (χ1v) is 8.41. The number of alkyl halides is 3. The van der Waals surface area contributed by atoms with E-state index in [2.05, 4.69) is 10.1 Å². The lowest BCUT2D eigenvalue weighted by Gasteiger charge is -2.28. The van der Waals surface area contributed by atoms with Crippen LogP contribution in [0.2, 0.25) is 0 Å². The van der Waals surface area contributed by atoms with Crippen molar-refractivity contribution < 1.29 is 27.4 Å². The first kappa shape index (κ1) is 18.0. The zero-order valence-electron chi connectivity index (χ0n) is 13.8. The molecule has 0 bridgehead atoms. The Morgan fingerprint density at radius 3 is 2.48 bits per heavy atom. The Morgan fingerprint density at radius 1 is 1.16 bits per heavy atom. The van der Waals surface area contributed by atoms with Crippen molar-refractivity contribution in [2.24, 2.45) is 0 Å². The predicted octanol–water partition coefficient (Wildman–Crippen LogP) is 2.52. The van der Waals surface area contributed by atoms with Gasteiger partial charge in [-0.15, -0.1) is 13.2 Å². The zero-order valence-corrected chi connectivity index (χ0v) is 13.8. The number of ether oxygens (including phenoxy) is 2. The standard InChI is InChI=1S/C17H21F3N2O3/c18-17(19,20)25-15-10-13(12-1-3-21-4-2-12)9-14(11-15)16(23)22-5-7-24-8-6-22/h9-12,21H,1-8H2. The van der Waals surface area contributed by atoms with Crippen molar-refractivity contribution in [1.82, 2.24) is 10.2 Å². The lowest BCUT2D eigenvalue weighted by Crippen LogP contribution is -2.40. The molecule has 0 radical (unpaired) electrons. The minimum absolute atomic E-state index is 0.120. The number of carbonyl (C=O) groups is 1. The Hall–Kier alpha value is -1.80. The van der Waals surface area contributed by atoms with Gasteiger partial charge in [-0.1, -0.05) is 0 Å². The highest BCUT2D eigenvalue weighted by molar-refractivity contribution is 5.95. The molecule has 2 aliphatic heterocycles. The van der Waals surface area contributed by atoms with Crippen LogP contribution in [0.3, 0.4) is 0 Å². The molecule has 2 heterocycles. The van der Waals surface area contributed by atoms with E-state index >= 15 is 0 Å². The second kappa shape index (κ2) is 7.61. The number of hydrogen-bond donors (Lipinski definition) is 1. The monoisotopic (exact) mass is 358 g/mol. The van der Waals surface area contributed by atoms with Crippen LogP contribution >= 0.6 is 0 Å². The quantitative estimate of drug-likeness (QED) is 0.902. The summed E-state index contributed by atoms with van der Waals surface area (Å²) in [4.78, 5) is 14.3. The SMILES string of the molecule is O=C(c1cc(OC(F)(F)F)cc(C2CCNCC2)c1)N1CCOCC1. The Labute approximate surface area is 144 Å². The molecule has 1 N–H and O–H groups in total. The average molecular weight is 358 g/mol. The van der Waals surface area contributed by atoms with Gasteiger partial charge in [-0.3, -0.25) is 4.79 Å². The van der Waals surface area contributed by atoms with Gasteiger partial charge >= 0.3 is 6.36 Å². The van der Waals surface area contributed by atoms with Crippen molar-refractivity contribution in [3.05, 3.63) is 29.3 Å². The maximum absolute atomic E-state index is 12.7. The second-order valence-corrected chi connectivity index (χ2v) is 6.27. The number of carbonyl (C=O) groups excluding carboxylic acids is 1. The fraction of sp³-hybridized carbons (Fsp3) is 0.588. The molecule has 3 rings (SSSR count). The minimum atomic E-state index is -4.79. The number of morpholine rings is 1. The number of nitrogens with one attached hydrogen (secondary N) is 1. The van der Waals surface area contributed by atoms with Crippen molar-refractivity contribution >= 4 is 5.91 Å². The molecule has 8 heteroatoms. The van der Waals surface area contributed by atoms with Gasteiger partial charge in [0.2, 0.25) is 0 Å². The van der Waals surface area contributed by atoms with E-state index in [1.807, 2.05) is 0 Å². The van der Waals surface area contributed by atoms with E-state index in [9.17, 15) is 18.0 Å². The summed E-state index contributed by atoms with van der Waals surface area (Å²) in [6.45, 7) is 3.36. The minimum Gasteiger partial charge on any atom is -0.406 e. The predicted molar refractivity (Wildman–Crippen MR) is 84.7 cm³/mol. The van der Waals surface area contributed by atoms with Gasteiger partial charge in [-0.2, -0.15) is 0 Å². The van der Waals surface area contributed by atoms with E-state index < -0.39 is 6.36 Å². The summed E-state index contributed by atoms with van der Waals surface area (Å²) < 4.78 is 47.3. The summed E-state index contributed by atoms with van der Waals surface area (Å²) in [7, 11) is 0. The summed E-state index contributed by atoms with van der Waals surface area (Å²) in [6.07, 6.45) is -3.15. The Kier molecular flexibility index (Phi) is 5.48. The fourth-order valence-corrected chi connectivity index (χ4v) is 3.28. The van der Waals surface area contributed by atoms with E-state index in [-0.39, 0.29) is 23.1 Å². The van der Waals surface area contributed by atoms with E-state index in [1.54, 1.807) is 11.0 Å². The number of rotatable bonds is 3. The molecule has 25 heavy (non-hydrogen) atoms. The van der Waals surface area contributed by atoms with Crippen molar-refractivity contribution in [1.29, 1.82) is 0 Å². The van der Waals surface area contributed by atoms with Gasteiger partial charge in [0.25, 0.3) is 5.91 Å². The highest BCUT2D eigenvalue weighted by atomic mass is 19.4. The fourth-order valence-electron chi connectivity index (χ4n) is 3.28. The molecule has 2 saturated heterocycles. The summed E-state index contributed by atoms with van der Waals surface area (Å²) in [5, 5.41) is 3.23. The maximum atomic E-state index is 12.7. The van der Waals surface area contributed by atoms with Crippen LogP contribution in [0.25, 0.3) is 0 Å². The van der Waals surface area contributed by atoms with Crippen molar-refractivity contribution in [3.63, 3.8) is 0 Å². The van der Waals surface area contributed by atoms with E-state index in [1.165, 1.54) is 12.1 Å². The Morgan fingerprint density at radius 2 is 1.84 bits per heavy atom. The molecule has 2 fully saturated rings. The first-order valence-electron chi connectivity index (χ1n) is 8.41. The largest absolute Gasteiger partial charge is 0.573 e. The molecule has 1 amide bonds. The van der Waals surface area contributed by atoms with Crippen LogP contribution < -0.4 is 10.1 Å². The maximum Gasteiger partial charge on any atom is 0.573 e. The van der Waals surface area contributed by atoms with Crippen LogP contribution in [0.5, 0.6) is 5.75 Å². The number of nitrogens with zero attached hydrogens (tertiary/aromatic N) is 1. The molecular weight excluding hydrogens is 337 g/mol. The summed E-state index contributed by atoms with van der Waals surface area (Å²) in [5.41, 5.74) is 0.956. The summed E-state index contributed by atoms with van der Waals surface area (Å²) in [5.74, 6) is -0.500. The van der Waals surface area contributed by atoms with Crippen molar-refractivity contribution in [2.75, 3.05) is 39.4 Å². The van der Waals surface area contributed by atoms with Gasteiger partial charge in [-0.25, -0.2) is 0 Å². The zero-order chi connectivity index (χ0) is 17.9. The molecule has 1 aromatic rings. The number of hydrogen-bond acceptors (Lipinski definition) is 4. The lowest BCUT2D eigenvalue weighted by molar-refractivity contribution is -0.274. The highest BCUT2D eigenvalue weighted by Crippen LogP contribution is 2.32. The van der Waals surface area contributed by atoms with Crippen LogP contribution in [0.4, 0.5) is 13.2 Å². The molecule has 138 valence electrons. The molecule has 0 unspecified atom stereocenters. The molecule has 0 aromatic heterocycles. The van der Waals surface area contributed by atoms with Crippen molar-refractivity contribution in [3.8, 4) is 5.75 Å². The van der Waals surface area contributed by atoms with Crippen LogP contribution in [0, 0.1) is 0 Å². The van der Waals surface area contributed by atoms with Gasteiger partial charge in [0, 0.05) is 18.7 Å². The Bertz CT molecular complexity index is 610. The third kappa shape index (κ3) is 4.85. The number of halogens is 3. The van der Waals surface area contributed by atoms with Gasteiger partial charge in [-0.05, 0) is 55.6 Å². The molecular formula is C17H21F3N2O3. The molecule has 0 aliphatic carbocycles. The third-order valence-electron chi connectivity index (χ3n) is 4.52. The van der Waals surface area contributed by atoms with E-state index in [0.29, 0.717) is 26.3 Å². The van der Waals surface area contributed by atoms with Crippen LogP contribution in [0.1, 0.15) is 34.7 Å². The lowest BCUT2D eigenvalue weighted by atomic mass is 9.89. The second-order valence-electron chi connectivity index (χ2n) is 6.27. The van der Waals surface area contributed by atoms with E-state index in [0.717, 1.165) is 31.5 Å². The van der Waals surface area contributed by atoms with E-state index in [4.69, 9.17) is 4.74 Å². The van der Waals surface area contributed by atoms with Crippen LogP contribution in [0.15, 0.2) is 18.2 Å².